The number of hydrogen-bond acceptors (Lipinski definition) is 8. The summed E-state index contributed by atoms with van der Waals surface area (Å²) < 4.78 is 33.4. The summed E-state index contributed by atoms with van der Waals surface area (Å²) in [4.78, 5) is 43.5. The fourth-order valence-corrected chi connectivity index (χ4v) is 4.57. The van der Waals surface area contributed by atoms with Gasteiger partial charge in [-0.15, -0.1) is 11.3 Å². The highest BCUT2D eigenvalue weighted by atomic mass is 35.5. The van der Waals surface area contributed by atoms with Crippen molar-refractivity contribution in [3.63, 3.8) is 0 Å². The van der Waals surface area contributed by atoms with E-state index in [1.807, 2.05) is 37.4 Å². The van der Waals surface area contributed by atoms with Crippen LogP contribution in [-0.4, -0.2) is 46.6 Å². The lowest BCUT2D eigenvalue weighted by Crippen LogP contribution is -2.23. The fraction of sp³-hybridized carbons (Fsp3) is 0.182. The molecule has 1 unspecified atom stereocenters. The number of fused-ring (bicyclic) bond motifs is 2. The Morgan fingerprint density at radius 1 is 1.24 bits per heavy atom. The molecule has 5 aromatic rings. The van der Waals surface area contributed by atoms with Crippen LogP contribution in [0, 0.1) is 6.92 Å². The molecular formula is C22H17ClF3N7O3S. The summed E-state index contributed by atoms with van der Waals surface area (Å²) in [5.41, 5.74) is 3.65. The van der Waals surface area contributed by atoms with Gasteiger partial charge in [-0.05, 0) is 19.9 Å². The third kappa shape index (κ3) is 5.24. The summed E-state index contributed by atoms with van der Waals surface area (Å²) in [5.74, 6) is -2.17. The van der Waals surface area contributed by atoms with E-state index in [0.29, 0.717) is 43.8 Å². The lowest BCUT2D eigenvalue weighted by molar-refractivity contribution is -0.192. The van der Waals surface area contributed by atoms with E-state index in [1.54, 1.807) is 16.8 Å². The number of aliphatic carboxylic acids is 1. The molecule has 0 bridgehead atoms. The molecule has 0 aliphatic rings. The van der Waals surface area contributed by atoms with E-state index in [1.165, 1.54) is 17.7 Å². The van der Waals surface area contributed by atoms with Gasteiger partial charge in [-0.25, -0.2) is 24.7 Å². The molecular weight excluding hydrogens is 535 g/mol. The molecule has 0 aliphatic heterocycles. The minimum atomic E-state index is -5.08. The van der Waals surface area contributed by atoms with Gasteiger partial charge in [0, 0.05) is 21.7 Å². The molecule has 1 aromatic carbocycles. The first-order valence-corrected chi connectivity index (χ1v) is 11.7. The Morgan fingerprint density at radius 2 is 1.95 bits per heavy atom. The SMILES string of the molecule is Cc1csc2nc(C(C)Nc3ncnc4nc[nH]c34)c(-c3ccccc3Cl)c(=O)n12.O=C(O)C(F)(F)F. The summed E-state index contributed by atoms with van der Waals surface area (Å²) in [6.45, 7) is 3.82. The lowest BCUT2D eigenvalue weighted by Gasteiger charge is -2.18. The number of halogens is 4. The average molecular weight is 552 g/mol. The van der Waals surface area contributed by atoms with E-state index in [0.717, 1.165) is 5.69 Å². The molecule has 0 aliphatic carbocycles. The summed E-state index contributed by atoms with van der Waals surface area (Å²) >= 11 is 7.90. The van der Waals surface area contributed by atoms with Crippen LogP contribution in [0.4, 0.5) is 19.0 Å². The van der Waals surface area contributed by atoms with Gasteiger partial charge in [-0.3, -0.25) is 9.20 Å². The second-order valence-corrected chi connectivity index (χ2v) is 8.89. The Morgan fingerprint density at radius 3 is 2.62 bits per heavy atom. The summed E-state index contributed by atoms with van der Waals surface area (Å²) in [5, 5.41) is 12.9. The van der Waals surface area contributed by atoms with Crippen molar-refractivity contribution in [3.05, 3.63) is 69.1 Å². The second-order valence-electron chi connectivity index (χ2n) is 7.64. The maximum absolute atomic E-state index is 13.5. The Bertz CT molecular complexity index is 1670. The second kappa shape index (κ2) is 10.1. The van der Waals surface area contributed by atoms with Gasteiger partial charge in [0.15, 0.2) is 16.4 Å². The molecule has 0 saturated carbocycles. The Kier molecular flexibility index (Phi) is 7.14. The van der Waals surface area contributed by atoms with Gasteiger partial charge in [-0.2, -0.15) is 13.2 Å². The number of carboxylic acid groups (broad SMARTS) is 1. The first kappa shape index (κ1) is 26.0. The largest absolute Gasteiger partial charge is 0.490 e. The van der Waals surface area contributed by atoms with Crippen molar-refractivity contribution < 1.29 is 23.1 Å². The van der Waals surface area contributed by atoms with Crippen LogP contribution < -0.4 is 10.9 Å². The predicted octanol–water partition coefficient (Wildman–Crippen LogP) is 4.86. The molecule has 192 valence electrons. The Hall–Kier alpha value is -4.04. The molecule has 0 fully saturated rings. The number of carboxylic acids is 1. The van der Waals surface area contributed by atoms with E-state index in [-0.39, 0.29) is 11.6 Å². The van der Waals surface area contributed by atoms with Crippen LogP contribution in [0.1, 0.15) is 24.4 Å². The minimum Gasteiger partial charge on any atom is -0.475 e. The van der Waals surface area contributed by atoms with Crippen molar-refractivity contribution in [1.29, 1.82) is 0 Å². The number of nitrogens with zero attached hydrogens (tertiary/aromatic N) is 5. The number of thiazole rings is 1. The lowest BCUT2D eigenvalue weighted by atomic mass is 10.0. The molecule has 3 N–H and O–H groups in total. The number of alkyl halides is 3. The van der Waals surface area contributed by atoms with Crippen LogP contribution in [0.3, 0.4) is 0 Å². The van der Waals surface area contributed by atoms with Crippen molar-refractivity contribution in [1.82, 2.24) is 29.3 Å². The van der Waals surface area contributed by atoms with E-state index in [9.17, 15) is 18.0 Å². The van der Waals surface area contributed by atoms with Crippen molar-refractivity contribution in [2.24, 2.45) is 0 Å². The van der Waals surface area contributed by atoms with E-state index >= 15 is 0 Å². The fourth-order valence-electron chi connectivity index (χ4n) is 3.48. The van der Waals surface area contributed by atoms with Gasteiger partial charge in [0.2, 0.25) is 0 Å². The minimum absolute atomic E-state index is 0.148. The molecule has 4 heterocycles. The summed E-state index contributed by atoms with van der Waals surface area (Å²) in [7, 11) is 0. The number of hydrogen-bond donors (Lipinski definition) is 3. The number of benzene rings is 1. The molecule has 1 atom stereocenters. The monoisotopic (exact) mass is 551 g/mol. The number of aryl methyl sites for hydroxylation is 1. The van der Waals surface area contributed by atoms with Crippen LogP contribution >= 0.6 is 22.9 Å². The van der Waals surface area contributed by atoms with Crippen molar-refractivity contribution in [2.45, 2.75) is 26.1 Å². The first-order valence-electron chi connectivity index (χ1n) is 10.5. The van der Waals surface area contributed by atoms with Crippen LogP contribution in [0.5, 0.6) is 0 Å². The predicted molar refractivity (Wildman–Crippen MR) is 132 cm³/mol. The maximum Gasteiger partial charge on any atom is 0.490 e. The van der Waals surface area contributed by atoms with Crippen LogP contribution in [-0.2, 0) is 4.79 Å². The zero-order chi connectivity index (χ0) is 26.9. The summed E-state index contributed by atoms with van der Waals surface area (Å²) in [6.07, 6.45) is -2.07. The highest BCUT2D eigenvalue weighted by molar-refractivity contribution is 7.15. The van der Waals surface area contributed by atoms with E-state index in [2.05, 4.69) is 25.3 Å². The molecule has 10 nitrogen and oxygen atoms in total. The van der Waals surface area contributed by atoms with E-state index in [4.69, 9.17) is 26.5 Å². The van der Waals surface area contributed by atoms with Crippen molar-refractivity contribution in [2.75, 3.05) is 5.32 Å². The molecule has 0 amide bonds. The van der Waals surface area contributed by atoms with Crippen LogP contribution in [0.15, 0.2) is 47.1 Å². The van der Waals surface area contributed by atoms with Crippen molar-refractivity contribution in [3.8, 4) is 11.1 Å². The normalized spacial score (nSPS) is 12.3. The quantitative estimate of drug-likeness (QED) is 0.288. The van der Waals surface area contributed by atoms with Crippen LogP contribution in [0.2, 0.25) is 5.02 Å². The Balaban J connectivity index is 0.000000405. The molecule has 4 aromatic heterocycles. The topological polar surface area (TPSA) is 138 Å². The van der Waals surface area contributed by atoms with Gasteiger partial charge in [0.05, 0.1) is 23.6 Å². The number of anilines is 1. The highest BCUT2D eigenvalue weighted by Gasteiger charge is 2.38. The molecule has 37 heavy (non-hydrogen) atoms. The number of imidazole rings is 1. The van der Waals surface area contributed by atoms with Gasteiger partial charge in [0.25, 0.3) is 5.56 Å². The molecule has 15 heteroatoms. The van der Waals surface area contributed by atoms with Gasteiger partial charge < -0.3 is 15.4 Å². The number of aromatic amines is 1. The third-order valence-electron chi connectivity index (χ3n) is 5.14. The number of rotatable bonds is 4. The maximum atomic E-state index is 13.5. The average Bonchev–Trinajstić information content (AvgIpc) is 3.47. The van der Waals surface area contributed by atoms with Gasteiger partial charge in [0.1, 0.15) is 11.8 Å². The smallest absolute Gasteiger partial charge is 0.475 e. The van der Waals surface area contributed by atoms with Gasteiger partial charge in [-0.1, -0.05) is 29.8 Å². The number of nitrogens with one attached hydrogen (secondary N) is 2. The number of carbonyl (C=O) groups is 1. The third-order valence-corrected chi connectivity index (χ3v) is 6.41. The Labute approximate surface area is 214 Å². The van der Waals surface area contributed by atoms with Crippen molar-refractivity contribution >= 4 is 50.8 Å². The van der Waals surface area contributed by atoms with E-state index < -0.39 is 12.1 Å². The zero-order valence-corrected chi connectivity index (χ0v) is 20.6. The van der Waals surface area contributed by atoms with Gasteiger partial charge >= 0.3 is 12.1 Å². The highest BCUT2D eigenvalue weighted by Crippen LogP contribution is 2.32. The standard InChI is InChI=1S/C20H16ClN7OS.C2HF3O2/c1-10-7-30-20-27-15(11(2)26-18-16-17(23-8-22-16)24-9-25-18)14(19(29)28(10)20)12-5-3-4-6-13(12)21;3-2(4,5)1(6)7/h3-9,11H,1-2H3,(H2,22,23,24,25,26);(H,6,7). The molecule has 5 rings (SSSR count). The molecule has 0 radical (unpaired) electrons. The zero-order valence-electron chi connectivity index (χ0n) is 19.0. The number of H-pyrrole nitrogens is 1. The summed E-state index contributed by atoms with van der Waals surface area (Å²) in [6, 6.07) is 6.96. The van der Waals surface area contributed by atoms with Crippen LogP contribution in [0.25, 0.3) is 27.3 Å². The number of aromatic nitrogens is 6. The first-order chi connectivity index (χ1) is 17.5. The molecule has 0 saturated heterocycles. The molecule has 0 spiro atoms.